The molecular weight excluding hydrogens is 454 g/mol. The van der Waals surface area contributed by atoms with E-state index in [1.807, 2.05) is 38.1 Å². The van der Waals surface area contributed by atoms with Crippen LogP contribution in [0.4, 0.5) is 5.00 Å². The van der Waals surface area contributed by atoms with Gasteiger partial charge in [-0.3, -0.25) is 9.59 Å². The zero-order chi connectivity index (χ0) is 23.5. The van der Waals surface area contributed by atoms with Crippen LogP contribution in [-0.2, 0) is 33.6 Å². The van der Waals surface area contributed by atoms with Gasteiger partial charge >= 0.3 is 5.97 Å². The Bertz CT molecular complexity index is 1240. The van der Waals surface area contributed by atoms with Crippen LogP contribution in [0.5, 0.6) is 0 Å². The first-order valence-corrected chi connectivity index (χ1v) is 12.5. The molecule has 1 N–H and O–H groups in total. The standard InChI is InChI=1S/C25H25N3O3S2/c1-14-4-7-17(8-5-14)24-21(32-16(3)27-24)11-23(30)31-13-22(29)28-25-19(12-26)18-9-6-15(2)10-20(18)33-25/h4-5,7-8,15H,6,9-11,13H2,1-3H3,(H,28,29). The second kappa shape index (κ2) is 9.86. The van der Waals surface area contributed by atoms with Crippen molar-refractivity contribution in [3.63, 3.8) is 0 Å². The number of nitrogens with one attached hydrogen (secondary N) is 1. The van der Waals surface area contributed by atoms with Gasteiger partial charge in [-0.2, -0.15) is 5.26 Å². The molecule has 0 radical (unpaired) electrons. The fourth-order valence-corrected chi connectivity index (χ4v) is 6.30. The van der Waals surface area contributed by atoms with Gasteiger partial charge in [0.05, 0.1) is 22.7 Å². The van der Waals surface area contributed by atoms with Gasteiger partial charge in [-0.15, -0.1) is 22.7 Å². The van der Waals surface area contributed by atoms with Crippen molar-refractivity contribution >= 4 is 39.6 Å². The highest BCUT2D eigenvalue weighted by Crippen LogP contribution is 2.39. The molecule has 0 saturated heterocycles. The third-order valence-electron chi connectivity index (χ3n) is 5.67. The molecule has 0 spiro atoms. The summed E-state index contributed by atoms with van der Waals surface area (Å²) in [7, 11) is 0. The smallest absolute Gasteiger partial charge is 0.311 e. The number of fused-ring (bicyclic) bond motifs is 1. The van der Waals surface area contributed by atoms with Gasteiger partial charge in [0.1, 0.15) is 11.1 Å². The first-order chi connectivity index (χ1) is 15.8. The highest BCUT2D eigenvalue weighted by Gasteiger charge is 2.25. The van der Waals surface area contributed by atoms with E-state index >= 15 is 0 Å². The molecule has 3 aromatic rings. The number of amides is 1. The summed E-state index contributed by atoms with van der Waals surface area (Å²) in [5.41, 5.74) is 4.47. The number of esters is 1. The van der Waals surface area contributed by atoms with Crippen molar-refractivity contribution in [2.75, 3.05) is 11.9 Å². The van der Waals surface area contributed by atoms with Crippen molar-refractivity contribution < 1.29 is 14.3 Å². The lowest BCUT2D eigenvalue weighted by molar-refractivity contribution is -0.146. The van der Waals surface area contributed by atoms with E-state index in [2.05, 4.69) is 23.3 Å². The maximum atomic E-state index is 12.5. The van der Waals surface area contributed by atoms with Crippen LogP contribution >= 0.6 is 22.7 Å². The Morgan fingerprint density at radius 1 is 1.24 bits per heavy atom. The third-order valence-corrected chi connectivity index (χ3v) is 7.82. The van der Waals surface area contributed by atoms with E-state index < -0.39 is 11.9 Å². The Hall–Kier alpha value is -3.02. The first-order valence-electron chi connectivity index (χ1n) is 10.9. The number of thiophene rings is 1. The van der Waals surface area contributed by atoms with Gasteiger partial charge < -0.3 is 10.1 Å². The second-order valence-electron chi connectivity index (χ2n) is 8.42. The minimum absolute atomic E-state index is 0.0522. The summed E-state index contributed by atoms with van der Waals surface area (Å²) in [6.45, 7) is 5.73. The van der Waals surface area contributed by atoms with Gasteiger partial charge in [0, 0.05) is 15.3 Å². The highest BCUT2D eigenvalue weighted by atomic mass is 32.1. The number of hydrogen-bond donors (Lipinski definition) is 1. The number of carbonyl (C=O) groups excluding carboxylic acids is 2. The molecule has 6 nitrogen and oxygen atoms in total. The van der Waals surface area contributed by atoms with E-state index in [0.29, 0.717) is 16.5 Å². The number of aromatic nitrogens is 1. The fourth-order valence-electron chi connectivity index (χ4n) is 3.97. The van der Waals surface area contributed by atoms with Crippen LogP contribution in [0, 0.1) is 31.1 Å². The van der Waals surface area contributed by atoms with Gasteiger partial charge in [0.2, 0.25) is 0 Å². The van der Waals surface area contributed by atoms with Crippen molar-refractivity contribution in [3.05, 3.63) is 55.7 Å². The van der Waals surface area contributed by atoms with Crippen LogP contribution in [0.1, 0.15) is 44.8 Å². The summed E-state index contributed by atoms with van der Waals surface area (Å²) in [6, 6.07) is 10.2. The SMILES string of the molecule is Cc1ccc(-c2nc(C)sc2CC(=O)OCC(=O)Nc2sc3c(c2C#N)CCC(C)C3)cc1. The molecule has 1 aromatic carbocycles. The van der Waals surface area contributed by atoms with Crippen molar-refractivity contribution in [3.8, 4) is 17.3 Å². The number of anilines is 1. The number of thiazole rings is 1. The molecule has 0 saturated carbocycles. The molecule has 2 heterocycles. The van der Waals surface area contributed by atoms with Crippen LogP contribution in [0.2, 0.25) is 0 Å². The molecule has 0 aliphatic heterocycles. The van der Waals surface area contributed by atoms with Crippen molar-refractivity contribution in [1.82, 2.24) is 4.98 Å². The van der Waals surface area contributed by atoms with Gasteiger partial charge in [-0.1, -0.05) is 36.8 Å². The molecule has 33 heavy (non-hydrogen) atoms. The van der Waals surface area contributed by atoms with Gasteiger partial charge in [0.25, 0.3) is 5.91 Å². The molecule has 1 unspecified atom stereocenters. The van der Waals surface area contributed by atoms with Gasteiger partial charge in [0.15, 0.2) is 6.61 Å². The molecule has 2 aromatic heterocycles. The van der Waals surface area contributed by atoms with Crippen LogP contribution in [-0.4, -0.2) is 23.5 Å². The largest absolute Gasteiger partial charge is 0.455 e. The minimum atomic E-state index is -0.484. The summed E-state index contributed by atoms with van der Waals surface area (Å²) in [6.07, 6.45) is 2.89. The van der Waals surface area contributed by atoms with E-state index in [1.165, 1.54) is 27.6 Å². The lowest BCUT2D eigenvalue weighted by Crippen LogP contribution is -2.21. The monoisotopic (exact) mass is 479 g/mol. The molecule has 0 bridgehead atoms. The number of benzene rings is 1. The third kappa shape index (κ3) is 5.32. The van der Waals surface area contributed by atoms with Crippen molar-refractivity contribution in [2.24, 2.45) is 5.92 Å². The highest BCUT2D eigenvalue weighted by molar-refractivity contribution is 7.16. The molecule has 1 aliphatic rings. The number of nitrogens with zero attached hydrogens (tertiary/aromatic N) is 2. The Labute approximate surface area is 201 Å². The maximum Gasteiger partial charge on any atom is 0.311 e. The van der Waals surface area contributed by atoms with Crippen LogP contribution < -0.4 is 5.32 Å². The van der Waals surface area contributed by atoms with Gasteiger partial charge in [-0.25, -0.2) is 4.98 Å². The summed E-state index contributed by atoms with van der Waals surface area (Å²) in [5.74, 6) is -0.347. The Morgan fingerprint density at radius 2 is 2.00 bits per heavy atom. The molecule has 4 rings (SSSR count). The summed E-state index contributed by atoms with van der Waals surface area (Å²) in [4.78, 5) is 31.5. The predicted octanol–water partition coefficient (Wildman–Crippen LogP) is 5.21. The van der Waals surface area contributed by atoms with E-state index in [0.717, 1.165) is 51.5 Å². The molecule has 1 aliphatic carbocycles. The maximum absolute atomic E-state index is 12.5. The predicted molar refractivity (Wildman–Crippen MR) is 131 cm³/mol. The molecule has 8 heteroatoms. The number of aryl methyl sites for hydroxylation is 2. The zero-order valence-electron chi connectivity index (χ0n) is 18.9. The number of carbonyl (C=O) groups is 2. The minimum Gasteiger partial charge on any atom is -0.455 e. The van der Waals surface area contributed by atoms with Crippen molar-refractivity contribution in [2.45, 2.75) is 46.5 Å². The zero-order valence-corrected chi connectivity index (χ0v) is 20.5. The molecule has 170 valence electrons. The van der Waals surface area contributed by atoms with Crippen LogP contribution in [0.25, 0.3) is 11.3 Å². The van der Waals surface area contributed by atoms with Gasteiger partial charge in [-0.05, 0) is 44.6 Å². The molecule has 1 atom stereocenters. The van der Waals surface area contributed by atoms with E-state index in [4.69, 9.17) is 4.74 Å². The quantitative estimate of drug-likeness (QED) is 0.490. The van der Waals surface area contributed by atoms with Crippen molar-refractivity contribution in [1.29, 1.82) is 5.26 Å². The van der Waals surface area contributed by atoms with E-state index in [-0.39, 0.29) is 13.0 Å². The Balaban J connectivity index is 1.37. The average molecular weight is 480 g/mol. The summed E-state index contributed by atoms with van der Waals surface area (Å²) >= 11 is 2.91. The Kier molecular flexibility index (Phi) is 6.91. The lowest BCUT2D eigenvalue weighted by Gasteiger charge is -2.17. The number of ether oxygens (including phenoxy) is 1. The molecule has 0 fully saturated rings. The summed E-state index contributed by atoms with van der Waals surface area (Å²) in [5, 5.41) is 13.8. The van der Waals surface area contributed by atoms with Crippen LogP contribution in [0.15, 0.2) is 24.3 Å². The average Bonchev–Trinajstić information content (AvgIpc) is 3.31. The van der Waals surface area contributed by atoms with E-state index in [1.54, 1.807) is 0 Å². The number of nitriles is 1. The topological polar surface area (TPSA) is 92.1 Å². The van der Waals surface area contributed by atoms with Crippen LogP contribution in [0.3, 0.4) is 0 Å². The normalized spacial score (nSPS) is 14.9. The fraction of sp³-hybridized carbons (Fsp3) is 0.360. The Morgan fingerprint density at radius 3 is 2.73 bits per heavy atom. The number of hydrogen-bond acceptors (Lipinski definition) is 7. The first kappa shape index (κ1) is 23.1. The second-order valence-corrected chi connectivity index (χ2v) is 10.8. The lowest BCUT2D eigenvalue weighted by atomic mass is 9.89. The summed E-state index contributed by atoms with van der Waals surface area (Å²) < 4.78 is 5.24. The number of rotatable bonds is 6. The van der Waals surface area contributed by atoms with E-state index in [9.17, 15) is 14.9 Å². The molecular formula is C25H25N3O3S2. The molecule has 1 amide bonds.